The Morgan fingerprint density at radius 3 is 2.41 bits per heavy atom. The molecule has 4 heteroatoms. The summed E-state index contributed by atoms with van der Waals surface area (Å²) < 4.78 is 36.2. The van der Waals surface area contributed by atoms with Crippen molar-refractivity contribution in [1.82, 2.24) is 0 Å². The highest BCUT2D eigenvalue weighted by Crippen LogP contribution is 2.40. The van der Waals surface area contributed by atoms with E-state index in [0.717, 1.165) is 30.4 Å². The summed E-state index contributed by atoms with van der Waals surface area (Å²) in [4.78, 5) is 10.8. The molecule has 1 rings (SSSR count). The van der Waals surface area contributed by atoms with Crippen LogP contribution in [0.1, 0.15) is 40.0 Å². The highest BCUT2D eigenvalue weighted by Gasteiger charge is 2.36. The Morgan fingerprint density at radius 2 is 1.94 bits per heavy atom. The monoisotopic (exact) mass is 246 g/mol. The van der Waals surface area contributed by atoms with Crippen LogP contribution in [0.15, 0.2) is 23.3 Å². The minimum absolute atomic E-state index is 0.148. The van der Waals surface area contributed by atoms with Crippen molar-refractivity contribution in [1.29, 1.82) is 0 Å². The zero-order valence-corrected chi connectivity index (χ0v) is 10.3. The molecule has 0 saturated heterocycles. The average molecular weight is 246 g/mol. The number of rotatable bonds is 2. The first-order chi connectivity index (χ1) is 7.64. The molecule has 0 N–H and O–H groups in total. The Labute approximate surface area is 99.4 Å². The van der Waals surface area contributed by atoms with E-state index in [1.165, 1.54) is 6.08 Å². The van der Waals surface area contributed by atoms with Gasteiger partial charge in [-0.15, -0.1) is 0 Å². The molecule has 0 atom stereocenters. The van der Waals surface area contributed by atoms with Gasteiger partial charge in [0.05, 0.1) is 0 Å². The van der Waals surface area contributed by atoms with Gasteiger partial charge in [0.2, 0.25) is 0 Å². The standard InChI is InChI=1S/C13H17F3O/c1-9-5-4-8-12(2,3)10(9)6-7-11(17)13(14,15)16/h6-7H,4-5,8H2,1-3H3/b7-6+. The zero-order valence-electron chi connectivity index (χ0n) is 10.3. The van der Waals surface area contributed by atoms with Gasteiger partial charge >= 0.3 is 6.18 Å². The normalized spacial score (nSPS) is 21.1. The van der Waals surface area contributed by atoms with Crippen LogP contribution in [0.2, 0.25) is 0 Å². The van der Waals surface area contributed by atoms with Crippen LogP contribution in [-0.2, 0) is 4.79 Å². The van der Waals surface area contributed by atoms with E-state index in [1.807, 2.05) is 20.8 Å². The predicted octanol–water partition coefficient (Wildman–Crippen LogP) is 4.20. The quantitative estimate of drug-likeness (QED) is 0.667. The summed E-state index contributed by atoms with van der Waals surface area (Å²) in [5, 5.41) is 0. The van der Waals surface area contributed by atoms with Crippen LogP contribution in [0.25, 0.3) is 0 Å². The summed E-state index contributed by atoms with van der Waals surface area (Å²) >= 11 is 0. The molecule has 1 aliphatic carbocycles. The maximum Gasteiger partial charge on any atom is 0.454 e. The lowest BCUT2D eigenvalue weighted by Crippen LogP contribution is -2.22. The molecule has 0 bridgehead atoms. The van der Waals surface area contributed by atoms with Gasteiger partial charge in [-0.2, -0.15) is 13.2 Å². The number of halogens is 3. The molecular formula is C13H17F3O. The number of carbonyl (C=O) groups excluding carboxylic acids is 1. The fourth-order valence-corrected chi connectivity index (χ4v) is 2.26. The Kier molecular flexibility index (Phi) is 3.84. The maximum absolute atomic E-state index is 12.1. The van der Waals surface area contributed by atoms with Crippen LogP contribution in [0.3, 0.4) is 0 Å². The smallest absolute Gasteiger partial charge is 0.285 e. The van der Waals surface area contributed by atoms with E-state index in [-0.39, 0.29) is 5.41 Å². The van der Waals surface area contributed by atoms with E-state index < -0.39 is 12.0 Å². The first-order valence-corrected chi connectivity index (χ1v) is 5.64. The highest BCUT2D eigenvalue weighted by molar-refractivity contribution is 5.94. The van der Waals surface area contributed by atoms with Crippen LogP contribution in [0, 0.1) is 5.41 Å². The fraction of sp³-hybridized carbons (Fsp3) is 0.615. The van der Waals surface area contributed by atoms with Crippen molar-refractivity contribution < 1.29 is 18.0 Å². The third-order valence-corrected chi connectivity index (χ3v) is 3.22. The molecule has 0 fully saturated rings. The van der Waals surface area contributed by atoms with Gasteiger partial charge in [-0.1, -0.05) is 25.5 Å². The van der Waals surface area contributed by atoms with Crippen LogP contribution in [-0.4, -0.2) is 12.0 Å². The fourth-order valence-electron chi connectivity index (χ4n) is 2.26. The molecule has 0 aromatic carbocycles. The van der Waals surface area contributed by atoms with E-state index in [1.54, 1.807) is 0 Å². The van der Waals surface area contributed by atoms with Crippen LogP contribution in [0.4, 0.5) is 13.2 Å². The molecule has 96 valence electrons. The minimum Gasteiger partial charge on any atom is -0.285 e. The maximum atomic E-state index is 12.1. The lowest BCUT2D eigenvalue weighted by molar-refractivity contribution is -0.165. The van der Waals surface area contributed by atoms with E-state index in [4.69, 9.17) is 0 Å². The van der Waals surface area contributed by atoms with Crippen molar-refractivity contribution in [2.24, 2.45) is 5.41 Å². The second-order valence-corrected chi connectivity index (χ2v) is 5.13. The molecule has 1 nitrogen and oxygen atoms in total. The lowest BCUT2D eigenvalue weighted by Gasteiger charge is -2.32. The van der Waals surface area contributed by atoms with Gasteiger partial charge in [0, 0.05) is 0 Å². The molecule has 0 aromatic rings. The molecule has 0 unspecified atom stereocenters. The molecule has 0 saturated carbocycles. The van der Waals surface area contributed by atoms with Crippen molar-refractivity contribution in [3.8, 4) is 0 Å². The third-order valence-electron chi connectivity index (χ3n) is 3.22. The van der Waals surface area contributed by atoms with Gasteiger partial charge in [0.15, 0.2) is 0 Å². The number of carbonyl (C=O) groups is 1. The summed E-state index contributed by atoms with van der Waals surface area (Å²) in [6.07, 6.45) is 0.0803. The van der Waals surface area contributed by atoms with Gasteiger partial charge in [0.25, 0.3) is 5.78 Å². The average Bonchev–Trinajstić information content (AvgIpc) is 2.14. The first kappa shape index (κ1) is 14.0. The second-order valence-electron chi connectivity index (χ2n) is 5.13. The number of hydrogen-bond donors (Lipinski definition) is 0. The van der Waals surface area contributed by atoms with Crippen molar-refractivity contribution in [2.75, 3.05) is 0 Å². The summed E-state index contributed by atoms with van der Waals surface area (Å²) in [5.41, 5.74) is 1.79. The van der Waals surface area contributed by atoms with E-state index in [9.17, 15) is 18.0 Å². The van der Waals surface area contributed by atoms with Crippen molar-refractivity contribution in [3.63, 3.8) is 0 Å². The molecular weight excluding hydrogens is 229 g/mol. The molecule has 1 aliphatic rings. The zero-order chi connectivity index (χ0) is 13.3. The predicted molar refractivity (Wildman–Crippen MR) is 60.5 cm³/mol. The van der Waals surface area contributed by atoms with Crippen molar-refractivity contribution >= 4 is 5.78 Å². The van der Waals surface area contributed by atoms with Crippen LogP contribution >= 0.6 is 0 Å². The largest absolute Gasteiger partial charge is 0.454 e. The Morgan fingerprint density at radius 1 is 1.35 bits per heavy atom. The topological polar surface area (TPSA) is 17.1 Å². The number of hydrogen-bond acceptors (Lipinski definition) is 1. The van der Waals surface area contributed by atoms with Gasteiger partial charge in [-0.3, -0.25) is 4.79 Å². The van der Waals surface area contributed by atoms with Gasteiger partial charge in [-0.25, -0.2) is 0 Å². The first-order valence-electron chi connectivity index (χ1n) is 5.64. The summed E-state index contributed by atoms with van der Waals surface area (Å²) in [7, 11) is 0. The summed E-state index contributed by atoms with van der Waals surface area (Å²) in [6, 6.07) is 0. The Hall–Kier alpha value is -1.06. The van der Waals surface area contributed by atoms with Crippen LogP contribution < -0.4 is 0 Å². The van der Waals surface area contributed by atoms with Crippen LogP contribution in [0.5, 0.6) is 0 Å². The number of allylic oxidation sites excluding steroid dienone is 4. The molecule has 0 aliphatic heterocycles. The molecule has 0 heterocycles. The van der Waals surface area contributed by atoms with E-state index in [0.29, 0.717) is 6.08 Å². The van der Waals surface area contributed by atoms with Gasteiger partial charge < -0.3 is 0 Å². The summed E-state index contributed by atoms with van der Waals surface area (Å²) in [6.45, 7) is 5.90. The third kappa shape index (κ3) is 3.45. The Bertz CT molecular complexity index is 373. The van der Waals surface area contributed by atoms with E-state index >= 15 is 0 Å². The van der Waals surface area contributed by atoms with E-state index in [2.05, 4.69) is 0 Å². The molecule has 0 amide bonds. The lowest BCUT2D eigenvalue weighted by atomic mass is 9.72. The van der Waals surface area contributed by atoms with Crippen molar-refractivity contribution in [2.45, 2.75) is 46.2 Å². The number of ketones is 1. The van der Waals surface area contributed by atoms with Crippen molar-refractivity contribution in [3.05, 3.63) is 23.3 Å². The number of alkyl halides is 3. The SMILES string of the molecule is CC1=C(/C=C/C(=O)C(F)(F)F)C(C)(C)CCC1. The second kappa shape index (κ2) is 4.67. The molecule has 17 heavy (non-hydrogen) atoms. The molecule has 0 spiro atoms. The minimum atomic E-state index is -4.77. The molecule has 0 aromatic heterocycles. The van der Waals surface area contributed by atoms with Gasteiger partial charge in [-0.05, 0) is 43.3 Å². The Balaban J connectivity index is 2.94. The van der Waals surface area contributed by atoms with Gasteiger partial charge in [0.1, 0.15) is 0 Å². The highest BCUT2D eigenvalue weighted by atomic mass is 19.4. The summed E-state index contributed by atoms with van der Waals surface area (Å²) in [5.74, 6) is -1.79. The molecule has 0 radical (unpaired) electrons.